The largest absolute Gasteiger partial charge is 0.398 e. The van der Waals surface area contributed by atoms with Crippen LogP contribution in [-0.2, 0) is 10.0 Å². The molecule has 0 aliphatic heterocycles. The molecular formula is C10H13FN2O2S. The molecule has 0 heterocycles. The van der Waals surface area contributed by atoms with Gasteiger partial charge in [-0.05, 0) is 25.0 Å². The molecule has 2 rings (SSSR count). The van der Waals surface area contributed by atoms with E-state index in [2.05, 4.69) is 0 Å². The average molecular weight is 244 g/mol. The molecule has 1 aromatic carbocycles. The Bertz CT molecular complexity index is 491. The second-order valence-corrected chi connectivity index (χ2v) is 5.84. The maximum absolute atomic E-state index is 13.5. The second kappa shape index (κ2) is 3.71. The first-order valence-corrected chi connectivity index (χ1v) is 6.40. The smallest absolute Gasteiger partial charge is 0.248 e. The van der Waals surface area contributed by atoms with E-state index in [-0.39, 0.29) is 11.7 Å². The predicted molar refractivity (Wildman–Crippen MR) is 58.8 cm³/mol. The zero-order chi connectivity index (χ0) is 11.9. The molecule has 0 spiro atoms. The first kappa shape index (κ1) is 11.3. The summed E-state index contributed by atoms with van der Waals surface area (Å²) >= 11 is 0. The lowest BCUT2D eigenvalue weighted by molar-refractivity contribution is 0.458. The van der Waals surface area contributed by atoms with Crippen LogP contribution in [0.15, 0.2) is 23.1 Å². The number of nitrogen functional groups attached to an aromatic ring is 1. The summed E-state index contributed by atoms with van der Waals surface area (Å²) in [6.07, 6.45) is 1.65. The van der Waals surface area contributed by atoms with Crippen molar-refractivity contribution in [3.8, 4) is 0 Å². The molecule has 0 atom stereocenters. The van der Waals surface area contributed by atoms with E-state index in [0.29, 0.717) is 0 Å². The van der Waals surface area contributed by atoms with Gasteiger partial charge in [0.05, 0.1) is 5.69 Å². The molecule has 1 aliphatic rings. The van der Waals surface area contributed by atoms with Gasteiger partial charge in [-0.3, -0.25) is 0 Å². The van der Waals surface area contributed by atoms with E-state index >= 15 is 0 Å². The Morgan fingerprint density at radius 1 is 1.44 bits per heavy atom. The van der Waals surface area contributed by atoms with Gasteiger partial charge in [-0.25, -0.2) is 12.8 Å². The molecule has 0 bridgehead atoms. The lowest BCUT2D eigenvalue weighted by Crippen LogP contribution is -2.30. The van der Waals surface area contributed by atoms with Crippen LogP contribution in [0.5, 0.6) is 0 Å². The van der Waals surface area contributed by atoms with Gasteiger partial charge in [-0.1, -0.05) is 6.07 Å². The quantitative estimate of drug-likeness (QED) is 0.812. The topological polar surface area (TPSA) is 63.4 Å². The fourth-order valence-corrected chi connectivity index (χ4v) is 3.15. The van der Waals surface area contributed by atoms with Crippen LogP contribution in [-0.4, -0.2) is 25.8 Å². The summed E-state index contributed by atoms with van der Waals surface area (Å²) in [6, 6.07) is 3.87. The summed E-state index contributed by atoms with van der Waals surface area (Å²) in [7, 11) is -2.35. The highest BCUT2D eigenvalue weighted by molar-refractivity contribution is 7.89. The fraction of sp³-hybridized carbons (Fsp3) is 0.400. The van der Waals surface area contributed by atoms with E-state index in [9.17, 15) is 12.8 Å². The summed E-state index contributed by atoms with van der Waals surface area (Å²) in [5.41, 5.74) is 5.47. The Balaban J connectivity index is 2.50. The summed E-state index contributed by atoms with van der Waals surface area (Å²) in [5.74, 6) is -0.799. The lowest BCUT2D eigenvalue weighted by atomic mass is 10.3. The van der Waals surface area contributed by atoms with Gasteiger partial charge in [0.1, 0.15) is 10.7 Å². The molecule has 0 aromatic heterocycles. The molecule has 6 heteroatoms. The number of sulfonamides is 1. The molecule has 0 radical (unpaired) electrons. The van der Waals surface area contributed by atoms with Gasteiger partial charge in [-0.2, -0.15) is 4.31 Å². The molecule has 4 nitrogen and oxygen atoms in total. The fourth-order valence-electron chi connectivity index (χ4n) is 1.58. The van der Waals surface area contributed by atoms with Crippen molar-refractivity contribution >= 4 is 15.7 Å². The second-order valence-electron chi connectivity index (χ2n) is 3.91. The minimum Gasteiger partial charge on any atom is -0.398 e. The lowest BCUT2D eigenvalue weighted by Gasteiger charge is -2.17. The van der Waals surface area contributed by atoms with Crippen molar-refractivity contribution in [2.24, 2.45) is 0 Å². The van der Waals surface area contributed by atoms with Gasteiger partial charge in [0.15, 0.2) is 0 Å². The minimum absolute atomic E-state index is 0.0102. The third kappa shape index (κ3) is 1.78. The first-order valence-electron chi connectivity index (χ1n) is 4.96. The number of nitrogens with zero attached hydrogens (tertiary/aromatic N) is 1. The van der Waals surface area contributed by atoms with Gasteiger partial charge in [0.2, 0.25) is 10.0 Å². The Labute approximate surface area is 93.9 Å². The number of nitrogens with two attached hydrogens (primary N) is 1. The molecular weight excluding hydrogens is 231 g/mol. The highest BCUT2D eigenvalue weighted by Gasteiger charge is 2.37. The average Bonchev–Trinajstić information content (AvgIpc) is 2.99. The van der Waals surface area contributed by atoms with Crippen LogP contribution in [0.1, 0.15) is 12.8 Å². The van der Waals surface area contributed by atoms with Crippen molar-refractivity contribution in [2.75, 3.05) is 12.8 Å². The number of hydrogen-bond acceptors (Lipinski definition) is 3. The molecule has 1 aliphatic carbocycles. The van der Waals surface area contributed by atoms with Crippen molar-refractivity contribution < 1.29 is 12.8 Å². The Hall–Kier alpha value is -1.14. The summed E-state index contributed by atoms with van der Waals surface area (Å²) in [4.78, 5) is -0.413. The van der Waals surface area contributed by atoms with Crippen LogP contribution in [0.2, 0.25) is 0 Å². The summed E-state index contributed by atoms with van der Waals surface area (Å²) in [5, 5.41) is 0. The summed E-state index contributed by atoms with van der Waals surface area (Å²) in [6.45, 7) is 0. The number of anilines is 1. The van der Waals surface area contributed by atoms with Crippen LogP contribution in [0.3, 0.4) is 0 Å². The van der Waals surface area contributed by atoms with Gasteiger partial charge in [0, 0.05) is 13.1 Å². The zero-order valence-corrected chi connectivity index (χ0v) is 9.67. The van der Waals surface area contributed by atoms with E-state index in [1.54, 1.807) is 0 Å². The molecule has 88 valence electrons. The molecule has 0 unspecified atom stereocenters. The number of rotatable bonds is 3. The zero-order valence-electron chi connectivity index (χ0n) is 8.85. The summed E-state index contributed by atoms with van der Waals surface area (Å²) < 4.78 is 38.8. The number of benzene rings is 1. The number of hydrogen-bond donors (Lipinski definition) is 1. The van der Waals surface area contributed by atoms with Crippen molar-refractivity contribution in [3.63, 3.8) is 0 Å². The van der Waals surface area contributed by atoms with Crippen molar-refractivity contribution in [2.45, 2.75) is 23.8 Å². The Kier molecular flexibility index (Phi) is 2.63. The van der Waals surface area contributed by atoms with Crippen molar-refractivity contribution in [1.29, 1.82) is 0 Å². The predicted octanol–water partition coefficient (Wildman–Crippen LogP) is 1.19. The van der Waals surface area contributed by atoms with Crippen LogP contribution >= 0.6 is 0 Å². The van der Waals surface area contributed by atoms with Crippen molar-refractivity contribution in [1.82, 2.24) is 4.31 Å². The Morgan fingerprint density at radius 2 is 2.06 bits per heavy atom. The van der Waals surface area contributed by atoms with Crippen LogP contribution in [0, 0.1) is 5.82 Å². The SMILES string of the molecule is CN(C1CC1)S(=O)(=O)c1c(N)cccc1F. The first-order chi connectivity index (χ1) is 7.44. The molecule has 1 saturated carbocycles. The van der Waals surface area contributed by atoms with Gasteiger partial charge in [0.25, 0.3) is 0 Å². The molecule has 16 heavy (non-hydrogen) atoms. The highest BCUT2D eigenvalue weighted by atomic mass is 32.2. The normalized spacial score (nSPS) is 16.7. The molecule has 1 aromatic rings. The van der Waals surface area contributed by atoms with Gasteiger partial charge >= 0.3 is 0 Å². The highest BCUT2D eigenvalue weighted by Crippen LogP contribution is 2.33. The molecule has 1 fully saturated rings. The van der Waals surface area contributed by atoms with E-state index in [1.165, 1.54) is 23.5 Å². The van der Waals surface area contributed by atoms with Crippen LogP contribution in [0.4, 0.5) is 10.1 Å². The third-order valence-electron chi connectivity index (χ3n) is 2.70. The maximum Gasteiger partial charge on any atom is 0.248 e. The molecule has 0 amide bonds. The maximum atomic E-state index is 13.5. The minimum atomic E-state index is -3.80. The Morgan fingerprint density at radius 3 is 2.56 bits per heavy atom. The monoisotopic (exact) mass is 244 g/mol. The van der Waals surface area contributed by atoms with Crippen LogP contribution in [0.25, 0.3) is 0 Å². The van der Waals surface area contributed by atoms with E-state index in [4.69, 9.17) is 5.73 Å². The van der Waals surface area contributed by atoms with E-state index < -0.39 is 20.7 Å². The van der Waals surface area contributed by atoms with E-state index in [0.717, 1.165) is 18.9 Å². The van der Waals surface area contributed by atoms with Gasteiger partial charge < -0.3 is 5.73 Å². The molecule has 0 saturated heterocycles. The van der Waals surface area contributed by atoms with Crippen LogP contribution < -0.4 is 5.73 Å². The standard InChI is InChI=1S/C10H13FN2O2S/c1-13(7-5-6-7)16(14,15)10-8(11)3-2-4-9(10)12/h2-4,7H,5-6,12H2,1H3. The van der Waals surface area contributed by atoms with E-state index in [1.807, 2.05) is 0 Å². The van der Waals surface area contributed by atoms with Crippen molar-refractivity contribution in [3.05, 3.63) is 24.0 Å². The third-order valence-corrected chi connectivity index (χ3v) is 4.70. The number of halogens is 1. The molecule has 2 N–H and O–H groups in total. The van der Waals surface area contributed by atoms with Gasteiger partial charge in [-0.15, -0.1) is 0 Å².